The molecule has 0 spiro atoms. The maximum Gasteiger partial charge on any atom is 0.234 e. The summed E-state index contributed by atoms with van der Waals surface area (Å²) in [5, 5.41) is 8.77. The normalized spacial score (nSPS) is 10.9. The van der Waals surface area contributed by atoms with Gasteiger partial charge in [0.15, 0.2) is 0 Å². The Morgan fingerprint density at radius 1 is 1.41 bits per heavy atom. The number of hydrogen-bond acceptors (Lipinski definition) is 3. The fourth-order valence-electron chi connectivity index (χ4n) is 1.40. The first-order valence-corrected chi connectivity index (χ1v) is 7.09. The first-order valence-electron chi connectivity index (χ1n) is 5.48. The van der Waals surface area contributed by atoms with E-state index in [1.165, 1.54) is 11.4 Å². The summed E-state index contributed by atoms with van der Waals surface area (Å²) < 4.78 is 25.1. The van der Waals surface area contributed by atoms with Crippen LogP contribution in [-0.2, 0) is 10.0 Å². The largest absolute Gasteiger partial charge is 0.273 e. The smallest absolute Gasteiger partial charge is 0.234 e. The summed E-state index contributed by atoms with van der Waals surface area (Å²) in [6, 6.07) is 8.58. The molecular formula is C12H16N2O2S. The molecule has 0 heterocycles. The molecule has 0 aliphatic carbocycles. The number of unbranched alkanes of at least 4 members (excludes halogenated alkanes) is 1. The molecule has 0 amide bonds. The molecule has 1 rings (SSSR count). The quantitative estimate of drug-likeness (QED) is 0.806. The van der Waals surface area contributed by atoms with Crippen molar-refractivity contribution in [3.05, 3.63) is 29.8 Å². The van der Waals surface area contributed by atoms with Crippen molar-refractivity contribution >= 4 is 15.7 Å². The van der Waals surface area contributed by atoms with Crippen molar-refractivity contribution in [2.24, 2.45) is 0 Å². The molecule has 0 aliphatic rings. The first-order chi connectivity index (χ1) is 8.01. The summed E-state index contributed by atoms with van der Waals surface area (Å²) in [5.41, 5.74) is 0.986. The van der Waals surface area contributed by atoms with Crippen molar-refractivity contribution in [2.45, 2.75) is 19.8 Å². The third kappa shape index (κ3) is 3.46. The van der Waals surface area contributed by atoms with Gasteiger partial charge in [0.25, 0.3) is 0 Å². The predicted octanol–water partition coefficient (Wildman–Crippen LogP) is 2.12. The van der Waals surface area contributed by atoms with E-state index in [0.717, 1.165) is 6.42 Å². The second-order valence-electron chi connectivity index (χ2n) is 3.80. The monoisotopic (exact) mass is 252 g/mol. The van der Waals surface area contributed by atoms with Gasteiger partial charge in [0, 0.05) is 7.05 Å². The average Bonchev–Trinajstić information content (AvgIpc) is 2.35. The van der Waals surface area contributed by atoms with E-state index in [9.17, 15) is 8.42 Å². The molecule has 17 heavy (non-hydrogen) atoms. The minimum absolute atomic E-state index is 0.136. The third-order valence-electron chi connectivity index (χ3n) is 2.51. The van der Waals surface area contributed by atoms with E-state index in [0.29, 0.717) is 17.7 Å². The number of sulfonamides is 1. The van der Waals surface area contributed by atoms with Crippen LogP contribution in [-0.4, -0.2) is 21.2 Å². The van der Waals surface area contributed by atoms with Crippen molar-refractivity contribution in [1.82, 2.24) is 0 Å². The summed E-state index contributed by atoms with van der Waals surface area (Å²) in [6.07, 6.45) is 1.48. The molecule has 1 aromatic carbocycles. The fraction of sp³-hybridized carbons (Fsp3) is 0.417. The minimum Gasteiger partial charge on any atom is -0.273 e. The highest BCUT2D eigenvalue weighted by Gasteiger charge is 2.17. The van der Waals surface area contributed by atoms with Crippen molar-refractivity contribution < 1.29 is 8.42 Å². The fourth-order valence-corrected chi connectivity index (χ4v) is 2.76. The van der Waals surface area contributed by atoms with E-state index in [2.05, 4.69) is 0 Å². The van der Waals surface area contributed by atoms with E-state index in [4.69, 9.17) is 5.26 Å². The lowest BCUT2D eigenvalue weighted by Gasteiger charge is -2.19. The number of hydrogen-bond donors (Lipinski definition) is 0. The number of benzene rings is 1. The van der Waals surface area contributed by atoms with E-state index < -0.39 is 10.0 Å². The minimum atomic E-state index is -3.28. The van der Waals surface area contributed by atoms with Crippen LogP contribution in [0.2, 0.25) is 0 Å². The maximum absolute atomic E-state index is 11.9. The molecule has 4 nitrogen and oxygen atoms in total. The number of nitriles is 1. The van der Waals surface area contributed by atoms with Crippen molar-refractivity contribution in [3.63, 3.8) is 0 Å². The highest BCUT2D eigenvalue weighted by molar-refractivity contribution is 7.92. The lowest BCUT2D eigenvalue weighted by Crippen LogP contribution is -2.28. The lowest BCUT2D eigenvalue weighted by atomic mass is 10.2. The molecule has 0 fully saturated rings. The molecule has 0 radical (unpaired) electrons. The van der Waals surface area contributed by atoms with Crippen LogP contribution < -0.4 is 4.31 Å². The molecule has 0 aromatic heterocycles. The third-order valence-corrected chi connectivity index (χ3v) is 4.36. The van der Waals surface area contributed by atoms with E-state index in [1.807, 2.05) is 13.0 Å². The van der Waals surface area contributed by atoms with Gasteiger partial charge in [-0.1, -0.05) is 19.4 Å². The summed E-state index contributed by atoms with van der Waals surface area (Å²) in [5.74, 6) is 0.136. The van der Waals surface area contributed by atoms with Gasteiger partial charge < -0.3 is 0 Å². The molecule has 0 N–H and O–H groups in total. The predicted molar refractivity (Wildman–Crippen MR) is 68.3 cm³/mol. The summed E-state index contributed by atoms with van der Waals surface area (Å²) >= 11 is 0. The molecule has 0 bridgehead atoms. The summed E-state index contributed by atoms with van der Waals surface area (Å²) in [7, 11) is -1.76. The first kappa shape index (κ1) is 13.5. The zero-order valence-corrected chi connectivity index (χ0v) is 10.9. The van der Waals surface area contributed by atoms with E-state index >= 15 is 0 Å². The van der Waals surface area contributed by atoms with Crippen LogP contribution in [0.15, 0.2) is 24.3 Å². The van der Waals surface area contributed by atoms with Crippen molar-refractivity contribution in [1.29, 1.82) is 5.26 Å². The maximum atomic E-state index is 11.9. The zero-order chi connectivity index (χ0) is 12.9. The second kappa shape index (κ2) is 5.69. The highest BCUT2D eigenvalue weighted by atomic mass is 32.2. The van der Waals surface area contributed by atoms with Crippen LogP contribution in [0, 0.1) is 11.3 Å². The molecule has 5 heteroatoms. The van der Waals surface area contributed by atoms with Crippen molar-refractivity contribution in [3.8, 4) is 6.07 Å². The number of anilines is 1. The Balaban J connectivity index is 2.96. The number of nitrogens with zero attached hydrogens (tertiary/aromatic N) is 2. The van der Waals surface area contributed by atoms with Gasteiger partial charge in [-0.2, -0.15) is 5.26 Å². The standard InChI is InChI=1S/C12H16N2O2S/c1-3-4-8-17(15,16)14(2)12-7-5-6-11(9-12)10-13/h5-7,9H,3-4,8H2,1-2H3. The van der Waals surface area contributed by atoms with Gasteiger partial charge in [0.1, 0.15) is 0 Å². The van der Waals surface area contributed by atoms with Crippen LogP contribution in [0.4, 0.5) is 5.69 Å². The Morgan fingerprint density at radius 3 is 2.71 bits per heavy atom. The van der Waals surface area contributed by atoms with Gasteiger partial charge in [-0.25, -0.2) is 8.42 Å². The van der Waals surface area contributed by atoms with E-state index in [-0.39, 0.29) is 5.75 Å². The molecule has 0 unspecified atom stereocenters. The van der Waals surface area contributed by atoms with Crippen molar-refractivity contribution in [2.75, 3.05) is 17.1 Å². The number of rotatable bonds is 5. The highest BCUT2D eigenvalue weighted by Crippen LogP contribution is 2.18. The molecule has 0 saturated heterocycles. The Kier molecular flexibility index (Phi) is 4.53. The molecule has 92 valence electrons. The van der Waals surface area contributed by atoms with Gasteiger partial charge in [-0.3, -0.25) is 4.31 Å². The van der Waals surface area contributed by atoms with E-state index in [1.54, 1.807) is 24.3 Å². The molecule has 0 saturated carbocycles. The summed E-state index contributed by atoms with van der Waals surface area (Å²) in [4.78, 5) is 0. The Hall–Kier alpha value is -1.54. The van der Waals surface area contributed by atoms with Gasteiger partial charge in [-0.05, 0) is 24.6 Å². The van der Waals surface area contributed by atoms with Gasteiger partial charge in [0.2, 0.25) is 10.0 Å². The summed E-state index contributed by atoms with van der Waals surface area (Å²) in [6.45, 7) is 1.95. The van der Waals surface area contributed by atoms with Crippen LogP contribution >= 0.6 is 0 Å². The molecule has 0 aliphatic heterocycles. The van der Waals surface area contributed by atoms with Gasteiger partial charge in [-0.15, -0.1) is 0 Å². The Morgan fingerprint density at radius 2 is 2.12 bits per heavy atom. The molecular weight excluding hydrogens is 236 g/mol. The zero-order valence-electron chi connectivity index (χ0n) is 10.0. The Labute approximate surface area is 103 Å². The average molecular weight is 252 g/mol. The lowest BCUT2D eigenvalue weighted by molar-refractivity contribution is 0.591. The second-order valence-corrected chi connectivity index (χ2v) is 5.92. The Bertz CT molecular complexity index is 518. The van der Waals surface area contributed by atoms with Crippen LogP contribution in [0.25, 0.3) is 0 Å². The van der Waals surface area contributed by atoms with Crippen LogP contribution in [0.3, 0.4) is 0 Å². The van der Waals surface area contributed by atoms with Crippen LogP contribution in [0.5, 0.6) is 0 Å². The van der Waals surface area contributed by atoms with Gasteiger partial charge >= 0.3 is 0 Å². The van der Waals surface area contributed by atoms with Gasteiger partial charge in [0.05, 0.1) is 23.1 Å². The molecule has 1 aromatic rings. The van der Waals surface area contributed by atoms with Crippen LogP contribution in [0.1, 0.15) is 25.3 Å². The SMILES string of the molecule is CCCCS(=O)(=O)N(C)c1cccc(C#N)c1. The molecule has 0 atom stereocenters. The topological polar surface area (TPSA) is 61.2 Å².